The Morgan fingerprint density at radius 1 is 0.932 bits per heavy atom. The number of unbranched alkanes of at least 4 members (excludes halogenated alkanes) is 1. The van der Waals surface area contributed by atoms with Crippen LogP contribution in [0.5, 0.6) is 0 Å². The summed E-state index contributed by atoms with van der Waals surface area (Å²) in [4.78, 5) is 50.4. The normalized spacial score (nSPS) is 11.3. The van der Waals surface area contributed by atoms with Crippen molar-refractivity contribution < 1.29 is 19.1 Å². The minimum Gasteiger partial charge on any atom is -0.468 e. The van der Waals surface area contributed by atoms with Crippen molar-refractivity contribution in [3.05, 3.63) is 85.1 Å². The van der Waals surface area contributed by atoms with Gasteiger partial charge in [0.25, 0.3) is 0 Å². The highest BCUT2D eigenvalue weighted by Gasteiger charge is 2.20. The van der Waals surface area contributed by atoms with Crippen molar-refractivity contribution in [2.24, 2.45) is 0 Å². The quantitative estimate of drug-likeness (QED) is 0.103. The zero-order valence-corrected chi connectivity index (χ0v) is 25.1. The largest absolute Gasteiger partial charge is 0.468 e. The van der Waals surface area contributed by atoms with Crippen LogP contribution in [-0.2, 0) is 32.1 Å². The number of esters is 1. The zero-order chi connectivity index (χ0) is 31.1. The van der Waals surface area contributed by atoms with Gasteiger partial charge in [-0.1, -0.05) is 24.4 Å². The number of amides is 2. The number of rotatable bonds is 15. The van der Waals surface area contributed by atoms with E-state index in [0.29, 0.717) is 37.2 Å². The van der Waals surface area contributed by atoms with E-state index in [-0.39, 0.29) is 24.9 Å². The van der Waals surface area contributed by atoms with E-state index in [9.17, 15) is 14.4 Å². The predicted molar refractivity (Wildman–Crippen MR) is 168 cm³/mol. The molecule has 4 rings (SSSR count). The molecule has 44 heavy (non-hydrogen) atoms. The van der Waals surface area contributed by atoms with Crippen LogP contribution in [0.15, 0.2) is 79.5 Å². The number of aromatic nitrogens is 5. The lowest BCUT2D eigenvalue weighted by Gasteiger charge is -2.20. The predicted octanol–water partition coefficient (Wildman–Crippen LogP) is 2.51. The van der Waals surface area contributed by atoms with E-state index in [1.807, 2.05) is 48.5 Å². The molecule has 2 amide bonds. The number of hydrogen-bond acceptors (Lipinski definition) is 9. The van der Waals surface area contributed by atoms with Gasteiger partial charge in [-0.15, -0.1) is 0 Å². The average Bonchev–Trinajstić information content (AvgIpc) is 3.52. The Morgan fingerprint density at radius 3 is 2.41 bits per heavy atom. The maximum absolute atomic E-state index is 12.9. The first-order valence-corrected chi connectivity index (χ1v) is 14.5. The highest BCUT2D eigenvalue weighted by atomic mass is 32.1. The average molecular weight is 615 g/mol. The summed E-state index contributed by atoms with van der Waals surface area (Å²) in [6, 6.07) is 14.3. The number of carbonyl (C=O) groups excluding carboxylic acids is 3. The Kier molecular flexibility index (Phi) is 12.0. The SMILES string of the molecule is COC(=O)CNC(=O)[C@H](CCCCNC(=O)Cn1cc(-c2ccccn2)cn1)NC(=S)Cc1ccnc(-c2ccccn2)c1. The van der Waals surface area contributed by atoms with E-state index in [1.54, 1.807) is 35.7 Å². The first-order chi connectivity index (χ1) is 21.4. The van der Waals surface area contributed by atoms with Crippen molar-refractivity contribution in [1.29, 1.82) is 0 Å². The van der Waals surface area contributed by atoms with Crippen molar-refractivity contribution in [3.8, 4) is 22.6 Å². The molecule has 4 heterocycles. The first kappa shape index (κ1) is 31.9. The Hall–Kier alpha value is -5.04. The van der Waals surface area contributed by atoms with Gasteiger partial charge < -0.3 is 20.7 Å². The van der Waals surface area contributed by atoms with Crippen LogP contribution in [0, 0.1) is 0 Å². The highest BCUT2D eigenvalue weighted by molar-refractivity contribution is 7.80. The molecular weight excluding hydrogens is 580 g/mol. The lowest BCUT2D eigenvalue weighted by atomic mass is 10.1. The molecule has 228 valence electrons. The summed E-state index contributed by atoms with van der Waals surface area (Å²) in [6.45, 7) is 0.267. The van der Waals surface area contributed by atoms with Crippen LogP contribution in [0.2, 0.25) is 0 Å². The molecule has 0 fully saturated rings. The number of hydrogen-bond donors (Lipinski definition) is 3. The fourth-order valence-electron chi connectivity index (χ4n) is 4.31. The summed E-state index contributed by atoms with van der Waals surface area (Å²) in [7, 11) is 1.26. The van der Waals surface area contributed by atoms with E-state index < -0.39 is 12.0 Å². The second-order valence-corrected chi connectivity index (χ2v) is 10.3. The lowest BCUT2D eigenvalue weighted by molar-refractivity contribution is -0.141. The number of methoxy groups -OCH3 is 1. The van der Waals surface area contributed by atoms with Crippen molar-refractivity contribution in [2.45, 2.75) is 38.3 Å². The lowest BCUT2D eigenvalue weighted by Crippen LogP contribution is -2.48. The van der Waals surface area contributed by atoms with E-state index >= 15 is 0 Å². The summed E-state index contributed by atoms with van der Waals surface area (Å²) in [6.07, 6.45) is 10.6. The van der Waals surface area contributed by atoms with E-state index in [4.69, 9.17) is 12.2 Å². The molecule has 0 saturated carbocycles. The van der Waals surface area contributed by atoms with Crippen LogP contribution in [0.3, 0.4) is 0 Å². The molecule has 12 nitrogen and oxygen atoms in total. The Labute approximate surface area is 260 Å². The molecule has 0 bridgehead atoms. The Morgan fingerprint density at radius 2 is 1.68 bits per heavy atom. The van der Waals surface area contributed by atoms with Gasteiger partial charge >= 0.3 is 5.97 Å². The highest BCUT2D eigenvalue weighted by Crippen LogP contribution is 2.16. The number of thiocarbonyl (C=S) groups is 1. The van der Waals surface area contributed by atoms with Crippen LogP contribution < -0.4 is 16.0 Å². The van der Waals surface area contributed by atoms with Gasteiger partial charge in [0.1, 0.15) is 19.1 Å². The molecule has 0 radical (unpaired) electrons. The number of nitrogens with one attached hydrogen (secondary N) is 3. The fourth-order valence-corrected chi connectivity index (χ4v) is 4.62. The fraction of sp³-hybridized carbons (Fsp3) is 0.290. The minimum atomic E-state index is -0.672. The first-order valence-electron chi connectivity index (χ1n) is 14.1. The number of nitrogens with zero attached hydrogens (tertiary/aromatic N) is 5. The van der Waals surface area contributed by atoms with E-state index in [2.05, 4.69) is 40.7 Å². The zero-order valence-electron chi connectivity index (χ0n) is 24.3. The molecule has 3 N–H and O–H groups in total. The molecule has 0 spiro atoms. The second-order valence-electron chi connectivity index (χ2n) is 9.84. The third kappa shape index (κ3) is 10.1. The van der Waals surface area contributed by atoms with E-state index in [1.165, 1.54) is 7.11 Å². The van der Waals surface area contributed by atoms with Crippen molar-refractivity contribution in [2.75, 3.05) is 20.2 Å². The van der Waals surface area contributed by atoms with Crippen LogP contribution in [0.25, 0.3) is 22.6 Å². The molecule has 0 aliphatic carbocycles. The second kappa shape index (κ2) is 16.6. The smallest absolute Gasteiger partial charge is 0.325 e. The molecule has 0 aliphatic heterocycles. The summed E-state index contributed by atoms with van der Waals surface area (Å²) in [5, 5.41) is 12.9. The summed E-state index contributed by atoms with van der Waals surface area (Å²) in [5.41, 5.74) is 4.00. The molecule has 0 unspecified atom stereocenters. The third-order valence-corrected chi connectivity index (χ3v) is 6.81. The maximum Gasteiger partial charge on any atom is 0.325 e. The van der Waals surface area contributed by atoms with Gasteiger partial charge in [-0.25, -0.2) is 0 Å². The van der Waals surface area contributed by atoms with Gasteiger partial charge in [-0.2, -0.15) is 5.10 Å². The summed E-state index contributed by atoms with van der Waals surface area (Å²) in [5.74, 6) is -1.09. The summed E-state index contributed by atoms with van der Waals surface area (Å²) >= 11 is 5.59. The number of ether oxygens (including phenoxy) is 1. The third-order valence-electron chi connectivity index (χ3n) is 6.54. The van der Waals surface area contributed by atoms with Gasteiger partial charge in [0.15, 0.2) is 0 Å². The monoisotopic (exact) mass is 614 g/mol. The van der Waals surface area contributed by atoms with Gasteiger partial charge in [0.2, 0.25) is 11.8 Å². The van der Waals surface area contributed by atoms with Gasteiger partial charge in [-0.05, 0) is 61.2 Å². The molecule has 0 saturated heterocycles. The molecule has 4 aromatic rings. The number of carbonyl (C=O) groups is 3. The molecule has 1 atom stereocenters. The van der Waals surface area contributed by atoms with Crippen LogP contribution in [0.4, 0.5) is 0 Å². The summed E-state index contributed by atoms with van der Waals surface area (Å²) < 4.78 is 6.19. The standard InChI is InChI=1S/C31H34N8O4S/c1-43-30(41)19-36-31(42)26(38-29(44)17-22-11-15-34-27(16-22)25-9-3-6-13-33-25)10-4-7-14-35-28(40)21-39-20-23(18-37-39)24-8-2-5-12-32-24/h2-3,5-6,8-9,11-13,15-16,18,20,26H,4,7,10,14,17,19,21H2,1H3,(H,35,40)(H,36,42)(H,38,44)/t26-/m0/s1. The number of pyridine rings is 3. The molecule has 4 aromatic heterocycles. The van der Waals surface area contributed by atoms with Crippen molar-refractivity contribution in [3.63, 3.8) is 0 Å². The van der Waals surface area contributed by atoms with Gasteiger partial charge in [0, 0.05) is 43.3 Å². The molecule has 13 heteroatoms. The molecular formula is C31H34N8O4S. The van der Waals surface area contributed by atoms with Crippen molar-refractivity contribution in [1.82, 2.24) is 40.7 Å². The Balaban J connectivity index is 1.25. The molecule has 0 aliphatic rings. The Bertz CT molecular complexity index is 1550. The van der Waals surface area contributed by atoms with Crippen LogP contribution in [-0.4, -0.2) is 73.7 Å². The minimum absolute atomic E-state index is 0.0816. The van der Waals surface area contributed by atoms with Gasteiger partial charge in [0.05, 0.1) is 35.4 Å². The maximum atomic E-state index is 12.9. The molecule has 0 aromatic carbocycles. The van der Waals surface area contributed by atoms with Crippen molar-refractivity contribution >= 4 is 35.0 Å². The van der Waals surface area contributed by atoms with Gasteiger partial charge in [-0.3, -0.25) is 34.0 Å². The van der Waals surface area contributed by atoms with Crippen LogP contribution in [0.1, 0.15) is 24.8 Å². The van der Waals surface area contributed by atoms with E-state index in [0.717, 1.165) is 28.2 Å². The van der Waals surface area contributed by atoms with Crippen LogP contribution >= 0.6 is 12.2 Å². The topological polar surface area (TPSA) is 153 Å².